The Morgan fingerprint density at radius 1 is 0.920 bits per heavy atom. The van der Waals surface area contributed by atoms with Crippen molar-refractivity contribution in [2.45, 2.75) is 0 Å². The Morgan fingerprint density at radius 2 is 1.52 bits per heavy atom. The van der Waals surface area contributed by atoms with Gasteiger partial charge >= 0.3 is 0 Å². The third kappa shape index (κ3) is 4.75. The van der Waals surface area contributed by atoms with Gasteiger partial charge in [-0.15, -0.1) is 0 Å². The second-order valence-electron chi connectivity index (χ2n) is 5.02. The summed E-state index contributed by atoms with van der Waals surface area (Å²) in [6, 6.07) is 13.5. The maximum atomic E-state index is 12.1. The summed E-state index contributed by atoms with van der Waals surface area (Å²) in [4.78, 5) is 32.7. The van der Waals surface area contributed by atoms with Gasteiger partial charge in [-0.05, 0) is 24.3 Å². The molecule has 0 heterocycles. The van der Waals surface area contributed by atoms with Crippen molar-refractivity contribution in [3.05, 3.63) is 84.0 Å². The minimum atomic E-state index is -0.437. The lowest BCUT2D eigenvalue weighted by molar-refractivity contribution is -0.131. The summed E-state index contributed by atoms with van der Waals surface area (Å²) in [6.45, 7) is 0. The van der Waals surface area contributed by atoms with E-state index in [0.29, 0.717) is 11.3 Å². The van der Waals surface area contributed by atoms with Crippen LogP contribution in [0.1, 0.15) is 15.9 Å². The third-order valence-electron chi connectivity index (χ3n) is 3.33. The Bertz CT molecular complexity index is 826. The van der Waals surface area contributed by atoms with E-state index in [4.69, 9.17) is 4.74 Å². The Kier molecular flexibility index (Phi) is 6.01. The molecule has 0 aliphatic heterocycles. The maximum Gasteiger partial charge on any atom is 0.225 e. The third-order valence-corrected chi connectivity index (χ3v) is 3.33. The second kappa shape index (κ2) is 8.40. The van der Waals surface area contributed by atoms with Crippen LogP contribution in [-0.2, 0) is 9.59 Å². The zero-order valence-electron chi connectivity index (χ0n) is 13.5. The van der Waals surface area contributed by atoms with Gasteiger partial charge < -0.3 is 9.84 Å². The summed E-state index contributed by atoms with van der Waals surface area (Å²) in [5, 5.41) is 9.75. The fraction of sp³-hybridized carbons (Fsp3) is 0.0500. The zero-order chi connectivity index (χ0) is 18.2. The molecule has 1 N–H and O–H groups in total. The molecule has 25 heavy (non-hydrogen) atoms. The lowest BCUT2D eigenvalue weighted by atomic mass is 10.0. The topological polar surface area (TPSA) is 80.7 Å². The van der Waals surface area contributed by atoms with Gasteiger partial charge in [-0.3, -0.25) is 14.4 Å². The van der Waals surface area contributed by atoms with Gasteiger partial charge in [0.15, 0.2) is 5.78 Å². The molecule has 3 rings (SSSR count). The monoisotopic (exact) mass is 336 g/mol. The number of allylic oxidation sites excluding steroid dienone is 4. The number of hydrogen-bond acceptors (Lipinski definition) is 5. The molecular formula is C20H16O5. The number of methoxy groups -OCH3 is 1. The summed E-state index contributed by atoms with van der Waals surface area (Å²) in [5.41, 5.74) is 0.824. The molecule has 0 radical (unpaired) electrons. The second-order valence-corrected chi connectivity index (χ2v) is 5.02. The summed E-state index contributed by atoms with van der Waals surface area (Å²) in [6.07, 6.45) is 5.60. The van der Waals surface area contributed by atoms with Crippen LogP contribution in [0.2, 0.25) is 0 Å². The molecule has 2 aromatic carbocycles. The van der Waals surface area contributed by atoms with Crippen LogP contribution in [0.3, 0.4) is 0 Å². The molecule has 0 amide bonds. The molecule has 126 valence electrons. The molecule has 0 aromatic heterocycles. The molecule has 0 unspecified atom stereocenters. The molecule has 5 nitrogen and oxygen atoms in total. The Hall–Kier alpha value is -3.47. The predicted octanol–water partition coefficient (Wildman–Crippen LogP) is 2.88. The highest BCUT2D eigenvalue weighted by Gasteiger charge is 2.13. The number of carbonyl (C=O) groups excluding carboxylic acids is 3. The van der Waals surface area contributed by atoms with E-state index >= 15 is 0 Å². The van der Waals surface area contributed by atoms with Crippen LogP contribution in [0.25, 0.3) is 0 Å². The number of aromatic hydroxyl groups is 1. The standard InChI is InChI=1S/C14H12O3.C6H4O2/c1-17-11-7-8-12(13(15)9-11)14(16)10-5-3-2-4-6-10;7-5-3-1-2-4-6(5)8/h2-9,15H,1H3;1-4H. The van der Waals surface area contributed by atoms with Crippen molar-refractivity contribution in [2.24, 2.45) is 0 Å². The summed E-state index contributed by atoms with van der Waals surface area (Å²) in [7, 11) is 1.51. The molecule has 5 heteroatoms. The lowest BCUT2D eigenvalue weighted by Crippen LogP contribution is -2.08. The van der Waals surface area contributed by atoms with Crippen LogP contribution >= 0.6 is 0 Å². The average Bonchev–Trinajstić information content (AvgIpc) is 2.65. The molecular weight excluding hydrogens is 320 g/mol. The van der Waals surface area contributed by atoms with Gasteiger partial charge in [-0.25, -0.2) is 0 Å². The fourth-order valence-electron chi connectivity index (χ4n) is 2.03. The van der Waals surface area contributed by atoms with Crippen LogP contribution in [0.15, 0.2) is 72.8 Å². The molecule has 0 spiro atoms. The van der Waals surface area contributed by atoms with Crippen molar-refractivity contribution in [1.82, 2.24) is 0 Å². The van der Waals surface area contributed by atoms with E-state index < -0.39 is 11.6 Å². The highest BCUT2D eigenvalue weighted by molar-refractivity contribution is 6.46. The molecule has 0 atom stereocenters. The quantitative estimate of drug-likeness (QED) is 0.529. The van der Waals surface area contributed by atoms with Crippen molar-refractivity contribution in [1.29, 1.82) is 0 Å². The molecule has 0 saturated heterocycles. The SMILES string of the molecule is COc1ccc(C(=O)c2ccccc2)c(O)c1.O=C1C=CC=CC1=O. The fourth-order valence-corrected chi connectivity index (χ4v) is 2.03. The minimum Gasteiger partial charge on any atom is -0.507 e. The van der Waals surface area contributed by atoms with Crippen LogP contribution < -0.4 is 4.74 Å². The van der Waals surface area contributed by atoms with Crippen molar-refractivity contribution in [3.8, 4) is 11.5 Å². The summed E-state index contributed by atoms with van der Waals surface area (Å²) < 4.78 is 4.96. The number of hydrogen-bond donors (Lipinski definition) is 1. The Morgan fingerprint density at radius 3 is 2.00 bits per heavy atom. The van der Waals surface area contributed by atoms with Crippen molar-refractivity contribution < 1.29 is 24.2 Å². The van der Waals surface area contributed by atoms with E-state index in [1.165, 1.54) is 25.3 Å². The minimum absolute atomic E-state index is 0.0711. The number of ether oxygens (including phenoxy) is 1. The number of carbonyl (C=O) groups is 3. The number of phenolic OH excluding ortho intramolecular Hbond substituents is 1. The molecule has 1 aliphatic rings. The van der Waals surface area contributed by atoms with E-state index in [1.54, 1.807) is 48.6 Å². The first kappa shape index (κ1) is 17.9. The first-order chi connectivity index (χ1) is 12.0. The Balaban J connectivity index is 0.000000236. The molecule has 0 fully saturated rings. The molecule has 1 aliphatic carbocycles. The van der Waals surface area contributed by atoms with Crippen LogP contribution in [-0.4, -0.2) is 29.6 Å². The van der Waals surface area contributed by atoms with E-state index in [9.17, 15) is 19.5 Å². The predicted molar refractivity (Wildman–Crippen MR) is 92.8 cm³/mol. The zero-order valence-corrected chi connectivity index (χ0v) is 13.5. The number of rotatable bonds is 3. The van der Waals surface area contributed by atoms with Gasteiger partial charge in [0.25, 0.3) is 0 Å². The Labute approximate surface area is 144 Å². The summed E-state index contributed by atoms with van der Waals surface area (Å²) >= 11 is 0. The highest BCUT2D eigenvalue weighted by atomic mass is 16.5. The number of ketones is 3. The van der Waals surface area contributed by atoms with Gasteiger partial charge in [-0.1, -0.05) is 42.5 Å². The van der Waals surface area contributed by atoms with E-state index in [-0.39, 0.29) is 17.1 Å². The average molecular weight is 336 g/mol. The van der Waals surface area contributed by atoms with Crippen molar-refractivity contribution in [2.75, 3.05) is 7.11 Å². The van der Waals surface area contributed by atoms with E-state index in [1.807, 2.05) is 6.07 Å². The number of benzene rings is 2. The first-order valence-corrected chi connectivity index (χ1v) is 7.42. The van der Waals surface area contributed by atoms with Crippen LogP contribution in [0.4, 0.5) is 0 Å². The lowest BCUT2D eigenvalue weighted by Gasteiger charge is -2.06. The van der Waals surface area contributed by atoms with Gasteiger partial charge in [0, 0.05) is 11.6 Å². The first-order valence-electron chi connectivity index (χ1n) is 7.42. The van der Waals surface area contributed by atoms with E-state index in [2.05, 4.69) is 0 Å². The maximum absolute atomic E-state index is 12.1. The van der Waals surface area contributed by atoms with Crippen molar-refractivity contribution >= 4 is 17.3 Å². The van der Waals surface area contributed by atoms with Crippen molar-refractivity contribution in [3.63, 3.8) is 0 Å². The summed E-state index contributed by atoms with van der Waals surface area (Å²) in [5.74, 6) is -0.629. The van der Waals surface area contributed by atoms with E-state index in [0.717, 1.165) is 0 Å². The van der Waals surface area contributed by atoms with Gasteiger partial charge in [0.05, 0.1) is 12.7 Å². The normalized spacial score (nSPS) is 12.4. The van der Waals surface area contributed by atoms with Gasteiger partial charge in [-0.2, -0.15) is 0 Å². The smallest absolute Gasteiger partial charge is 0.225 e. The largest absolute Gasteiger partial charge is 0.507 e. The van der Waals surface area contributed by atoms with Crippen LogP contribution in [0.5, 0.6) is 11.5 Å². The van der Waals surface area contributed by atoms with Crippen LogP contribution in [0, 0.1) is 0 Å². The number of phenols is 1. The van der Waals surface area contributed by atoms with Gasteiger partial charge in [0.2, 0.25) is 11.6 Å². The highest BCUT2D eigenvalue weighted by Crippen LogP contribution is 2.25. The van der Waals surface area contributed by atoms with Gasteiger partial charge in [0.1, 0.15) is 11.5 Å². The molecule has 0 bridgehead atoms. The molecule has 0 saturated carbocycles. The molecule has 2 aromatic rings.